The number of aryl methyl sites for hydroxylation is 1. The van der Waals surface area contributed by atoms with Crippen molar-refractivity contribution in [3.8, 4) is 6.07 Å². The maximum absolute atomic E-state index is 10.3. The van der Waals surface area contributed by atoms with Crippen LogP contribution in [0.3, 0.4) is 0 Å². The van der Waals surface area contributed by atoms with Crippen molar-refractivity contribution in [2.24, 2.45) is 0 Å². The highest BCUT2D eigenvalue weighted by molar-refractivity contribution is 5.68. The standard InChI is InChI=1S/C11H12N2O2/c1-8-2-3-10(9(6-8)7-12)13-5-4-11(14)15/h2-3,6,13H,4-5H2,1H3,(H,14,15). The predicted molar refractivity (Wildman–Crippen MR) is 56.6 cm³/mol. The molecular formula is C11H12N2O2. The van der Waals surface area contributed by atoms with Gasteiger partial charge in [0, 0.05) is 6.54 Å². The lowest BCUT2D eigenvalue weighted by molar-refractivity contribution is -0.136. The van der Waals surface area contributed by atoms with Gasteiger partial charge in [0.05, 0.1) is 17.7 Å². The Balaban J connectivity index is 2.69. The van der Waals surface area contributed by atoms with E-state index in [1.807, 2.05) is 13.0 Å². The van der Waals surface area contributed by atoms with Crippen LogP contribution in [0.2, 0.25) is 0 Å². The zero-order valence-electron chi connectivity index (χ0n) is 8.45. The number of carboxylic acid groups (broad SMARTS) is 1. The molecule has 0 spiro atoms. The molecule has 0 aliphatic rings. The lowest BCUT2D eigenvalue weighted by Crippen LogP contribution is -2.08. The van der Waals surface area contributed by atoms with E-state index < -0.39 is 5.97 Å². The number of nitrogens with zero attached hydrogens (tertiary/aromatic N) is 1. The summed E-state index contributed by atoms with van der Waals surface area (Å²) in [6.07, 6.45) is 0.0404. The smallest absolute Gasteiger partial charge is 0.305 e. The molecule has 0 aliphatic heterocycles. The monoisotopic (exact) mass is 204 g/mol. The van der Waals surface area contributed by atoms with E-state index in [9.17, 15) is 4.79 Å². The first-order valence-electron chi connectivity index (χ1n) is 4.60. The van der Waals surface area contributed by atoms with Gasteiger partial charge in [-0.1, -0.05) is 6.07 Å². The predicted octanol–water partition coefficient (Wildman–Crippen LogP) is 1.75. The highest BCUT2D eigenvalue weighted by Gasteiger charge is 2.02. The van der Waals surface area contributed by atoms with E-state index in [4.69, 9.17) is 10.4 Å². The molecule has 1 aromatic rings. The fourth-order valence-electron chi connectivity index (χ4n) is 1.21. The molecule has 0 aromatic heterocycles. The molecule has 0 bridgehead atoms. The normalized spacial score (nSPS) is 9.33. The second-order valence-corrected chi connectivity index (χ2v) is 3.23. The van der Waals surface area contributed by atoms with Gasteiger partial charge in [0.2, 0.25) is 0 Å². The molecule has 4 heteroatoms. The minimum absolute atomic E-state index is 0.0404. The third kappa shape index (κ3) is 3.31. The van der Waals surface area contributed by atoms with Crippen LogP contribution in [0.1, 0.15) is 17.5 Å². The number of hydrogen-bond donors (Lipinski definition) is 2. The van der Waals surface area contributed by atoms with Gasteiger partial charge in [0.15, 0.2) is 0 Å². The summed E-state index contributed by atoms with van der Waals surface area (Å²) in [6.45, 7) is 2.23. The number of carbonyl (C=O) groups is 1. The van der Waals surface area contributed by atoms with Gasteiger partial charge in [0.25, 0.3) is 0 Å². The number of benzene rings is 1. The van der Waals surface area contributed by atoms with Crippen molar-refractivity contribution < 1.29 is 9.90 Å². The third-order valence-corrected chi connectivity index (χ3v) is 1.95. The van der Waals surface area contributed by atoms with E-state index in [0.29, 0.717) is 17.8 Å². The SMILES string of the molecule is Cc1ccc(NCCC(=O)O)c(C#N)c1. The Bertz CT molecular complexity index is 408. The minimum Gasteiger partial charge on any atom is -0.481 e. The van der Waals surface area contributed by atoms with Gasteiger partial charge < -0.3 is 10.4 Å². The lowest BCUT2D eigenvalue weighted by Gasteiger charge is -2.07. The van der Waals surface area contributed by atoms with Crippen LogP contribution >= 0.6 is 0 Å². The van der Waals surface area contributed by atoms with Gasteiger partial charge in [0.1, 0.15) is 6.07 Å². The second kappa shape index (κ2) is 5.01. The van der Waals surface area contributed by atoms with Crippen molar-refractivity contribution in [1.29, 1.82) is 5.26 Å². The van der Waals surface area contributed by atoms with Crippen LogP contribution in [0.4, 0.5) is 5.69 Å². The first kappa shape index (κ1) is 11.1. The molecule has 0 saturated heterocycles. The third-order valence-electron chi connectivity index (χ3n) is 1.95. The van der Waals surface area contributed by atoms with E-state index in [2.05, 4.69) is 11.4 Å². The van der Waals surface area contributed by atoms with E-state index in [0.717, 1.165) is 5.56 Å². The summed E-state index contributed by atoms with van der Waals surface area (Å²) in [5, 5.41) is 20.2. The van der Waals surface area contributed by atoms with Crippen LogP contribution in [-0.4, -0.2) is 17.6 Å². The summed E-state index contributed by atoms with van der Waals surface area (Å²) in [4.78, 5) is 10.3. The van der Waals surface area contributed by atoms with Crippen LogP contribution in [0.5, 0.6) is 0 Å². The maximum atomic E-state index is 10.3. The number of hydrogen-bond acceptors (Lipinski definition) is 3. The molecule has 0 saturated carbocycles. The van der Waals surface area contributed by atoms with Crippen molar-refractivity contribution >= 4 is 11.7 Å². The number of carboxylic acids is 1. The highest BCUT2D eigenvalue weighted by Crippen LogP contribution is 2.15. The van der Waals surface area contributed by atoms with Crippen LogP contribution in [0.25, 0.3) is 0 Å². The highest BCUT2D eigenvalue weighted by atomic mass is 16.4. The lowest BCUT2D eigenvalue weighted by atomic mass is 10.1. The van der Waals surface area contributed by atoms with Crippen LogP contribution in [0, 0.1) is 18.3 Å². The van der Waals surface area contributed by atoms with E-state index in [-0.39, 0.29) is 6.42 Å². The molecule has 0 atom stereocenters. The second-order valence-electron chi connectivity index (χ2n) is 3.23. The first-order chi connectivity index (χ1) is 7.13. The van der Waals surface area contributed by atoms with Gasteiger partial charge in [-0.05, 0) is 24.6 Å². The molecule has 15 heavy (non-hydrogen) atoms. The Hall–Kier alpha value is -2.02. The maximum Gasteiger partial charge on any atom is 0.305 e. The van der Waals surface area contributed by atoms with Gasteiger partial charge in [-0.25, -0.2) is 0 Å². The molecule has 1 rings (SSSR count). The molecule has 2 N–H and O–H groups in total. The van der Waals surface area contributed by atoms with E-state index >= 15 is 0 Å². The van der Waals surface area contributed by atoms with Crippen molar-refractivity contribution in [2.45, 2.75) is 13.3 Å². The molecule has 1 aromatic carbocycles. The molecule has 0 radical (unpaired) electrons. The zero-order valence-corrected chi connectivity index (χ0v) is 8.45. The Morgan fingerprint density at radius 1 is 1.60 bits per heavy atom. The topological polar surface area (TPSA) is 73.1 Å². The summed E-state index contributed by atoms with van der Waals surface area (Å²) in [7, 11) is 0. The van der Waals surface area contributed by atoms with Crippen molar-refractivity contribution in [3.63, 3.8) is 0 Å². The van der Waals surface area contributed by atoms with Gasteiger partial charge >= 0.3 is 5.97 Å². The number of nitriles is 1. The van der Waals surface area contributed by atoms with Crippen LogP contribution in [0.15, 0.2) is 18.2 Å². The van der Waals surface area contributed by atoms with Crippen LogP contribution in [-0.2, 0) is 4.79 Å². The van der Waals surface area contributed by atoms with Crippen molar-refractivity contribution in [1.82, 2.24) is 0 Å². The fraction of sp³-hybridized carbons (Fsp3) is 0.273. The fourth-order valence-corrected chi connectivity index (χ4v) is 1.21. The summed E-state index contributed by atoms with van der Waals surface area (Å²) in [5.41, 5.74) is 2.24. The Morgan fingerprint density at radius 2 is 2.33 bits per heavy atom. The molecular weight excluding hydrogens is 192 g/mol. The van der Waals surface area contributed by atoms with Crippen molar-refractivity contribution in [3.05, 3.63) is 29.3 Å². The van der Waals surface area contributed by atoms with Gasteiger partial charge in [-0.3, -0.25) is 4.79 Å². The molecule has 4 nitrogen and oxygen atoms in total. The minimum atomic E-state index is -0.854. The summed E-state index contributed by atoms with van der Waals surface area (Å²) in [6, 6.07) is 7.50. The quantitative estimate of drug-likeness (QED) is 0.783. The van der Waals surface area contributed by atoms with Gasteiger partial charge in [-0.2, -0.15) is 5.26 Å². The summed E-state index contributed by atoms with van der Waals surface area (Å²) < 4.78 is 0. The molecule has 0 heterocycles. The summed E-state index contributed by atoms with van der Waals surface area (Å²) >= 11 is 0. The number of rotatable bonds is 4. The molecule has 0 fully saturated rings. The Kier molecular flexibility index (Phi) is 3.69. The van der Waals surface area contributed by atoms with Crippen molar-refractivity contribution in [2.75, 3.05) is 11.9 Å². The molecule has 0 aliphatic carbocycles. The zero-order chi connectivity index (χ0) is 11.3. The number of aliphatic carboxylic acids is 1. The Labute approximate surface area is 88.2 Å². The van der Waals surface area contributed by atoms with Crippen LogP contribution < -0.4 is 5.32 Å². The number of anilines is 1. The number of nitrogens with one attached hydrogen (secondary N) is 1. The molecule has 0 unspecified atom stereocenters. The Morgan fingerprint density at radius 3 is 2.93 bits per heavy atom. The van der Waals surface area contributed by atoms with E-state index in [1.165, 1.54) is 0 Å². The van der Waals surface area contributed by atoms with Gasteiger partial charge in [-0.15, -0.1) is 0 Å². The largest absolute Gasteiger partial charge is 0.481 e. The molecule has 78 valence electrons. The average molecular weight is 204 g/mol. The molecule has 0 amide bonds. The first-order valence-corrected chi connectivity index (χ1v) is 4.60. The van der Waals surface area contributed by atoms with E-state index in [1.54, 1.807) is 12.1 Å². The summed E-state index contributed by atoms with van der Waals surface area (Å²) in [5.74, 6) is -0.854. The average Bonchev–Trinajstić information content (AvgIpc) is 2.19.